The Bertz CT molecular complexity index is 586. The van der Waals surface area contributed by atoms with Crippen LogP contribution in [0.5, 0.6) is 0 Å². The minimum atomic E-state index is 0.425. The third-order valence-electron chi connectivity index (χ3n) is 2.59. The molecule has 0 N–H and O–H groups in total. The molecule has 0 aliphatic carbocycles. The van der Waals surface area contributed by atoms with E-state index in [9.17, 15) is 0 Å². The summed E-state index contributed by atoms with van der Waals surface area (Å²) >= 11 is 9.31. The molecule has 0 saturated heterocycles. The van der Waals surface area contributed by atoms with Gasteiger partial charge in [0.1, 0.15) is 0 Å². The van der Waals surface area contributed by atoms with Gasteiger partial charge in [0, 0.05) is 10.2 Å². The van der Waals surface area contributed by atoms with Gasteiger partial charge < -0.3 is 4.90 Å². The zero-order chi connectivity index (χ0) is 13.8. The lowest BCUT2D eigenvalue weighted by atomic mass is 10.2. The summed E-state index contributed by atoms with van der Waals surface area (Å²) in [5.74, 6) is 0.744. The van der Waals surface area contributed by atoms with Crippen LogP contribution in [-0.4, -0.2) is 16.7 Å². The summed E-state index contributed by atoms with van der Waals surface area (Å²) < 4.78 is 0.866. The summed E-state index contributed by atoms with van der Waals surface area (Å²) in [6.07, 6.45) is 0. The monoisotopic (exact) mass is 337 g/mol. The number of benzene rings is 1. The van der Waals surface area contributed by atoms with Crippen LogP contribution in [0.25, 0.3) is 0 Å². The first-order chi connectivity index (χ1) is 9.08. The van der Waals surface area contributed by atoms with E-state index in [0.29, 0.717) is 11.7 Å². The van der Waals surface area contributed by atoms with Gasteiger partial charge in [0.2, 0.25) is 0 Å². The molecule has 0 bridgehead atoms. The molecular weight excluding hydrogens is 326 g/mol. The molecule has 0 aliphatic rings. The van der Waals surface area contributed by atoms with E-state index in [2.05, 4.69) is 32.7 Å². The van der Waals surface area contributed by atoms with Crippen LogP contribution in [0.2, 0.25) is 5.15 Å². The van der Waals surface area contributed by atoms with Crippen molar-refractivity contribution in [2.75, 3.05) is 11.4 Å². The largest absolute Gasteiger partial charge is 0.320 e. The predicted octanol–water partition coefficient (Wildman–Crippen LogP) is 4.49. The van der Waals surface area contributed by atoms with Gasteiger partial charge in [-0.1, -0.05) is 52.3 Å². The highest BCUT2D eigenvalue weighted by Crippen LogP contribution is 2.26. The van der Waals surface area contributed by atoms with Crippen LogP contribution in [0.15, 0.2) is 47.5 Å². The fourth-order valence-electron chi connectivity index (χ4n) is 1.67. The minimum Gasteiger partial charge on any atom is -0.320 e. The summed E-state index contributed by atoms with van der Waals surface area (Å²) in [4.78, 5) is 2.02. The highest BCUT2D eigenvalue weighted by molar-refractivity contribution is 9.11. The zero-order valence-corrected chi connectivity index (χ0v) is 12.8. The van der Waals surface area contributed by atoms with Crippen molar-refractivity contribution < 1.29 is 0 Å². The van der Waals surface area contributed by atoms with Crippen molar-refractivity contribution in [1.29, 1.82) is 0 Å². The molecule has 1 heterocycles. The van der Waals surface area contributed by atoms with Gasteiger partial charge in [-0.15, -0.1) is 10.2 Å². The molecule has 19 heavy (non-hydrogen) atoms. The summed E-state index contributed by atoms with van der Waals surface area (Å²) in [7, 11) is 0. The number of nitrogens with zero attached hydrogens (tertiary/aromatic N) is 3. The maximum absolute atomic E-state index is 5.92. The van der Waals surface area contributed by atoms with E-state index in [1.165, 1.54) is 0 Å². The lowest BCUT2D eigenvalue weighted by Crippen LogP contribution is -2.20. The molecule has 0 fully saturated rings. The first-order valence-electron chi connectivity index (χ1n) is 5.73. The molecule has 0 unspecified atom stereocenters. The molecular formula is C14H13BrClN3. The van der Waals surface area contributed by atoms with E-state index < -0.39 is 0 Å². The zero-order valence-electron chi connectivity index (χ0n) is 10.5. The van der Waals surface area contributed by atoms with E-state index in [1.54, 1.807) is 0 Å². The number of anilines is 2. The Kier molecular flexibility index (Phi) is 4.56. The van der Waals surface area contributed by atoms with E-state index in [-0.39, 0.29) is 0 Å². The lowest BCUT2D eigenvalue weighted by molar-refractivity contribution is 0.948. The Morgan fingerprint density at radius 1 is 1.32 bits per heavy atom. The summed E-state index contributed by atoms with van der Waals surface area (Å²) in [6, 6.07) is 11.9. The van der Waals surface area contributed by atoms with Gasteiger partial charge in [-0.2, -0.15) is 0 Å². The maximum Gasteiger partial charge on any atom is 0.156 e. The third kappa shape index (κ3) is 3.55. The van der Waals surface area contributed by atoms with Crippen molar-refractivity contribution in [3.8, 4) is 0 Å². The van der Waals surface area contributed by atoms with Crippen molar-refractivity contribution >= 4 is 39.0 Å². The Labute approximate surface area is 126 Å². The molecule has 2 aromatic rings. The van der Waals surface area contributed by atoms with Crippen molar-refractivity contribution in [2.45, 2.75) is 6.92 Å². The Balaban J connectivity index is 2.42. The lowest BCUT2D eigenvalue weighted by Gasteiger charge is -2.23. The van der Waals surface area contributed by atoms with E-state index in [0.717, 1.165) is 21.6 Å². The van der Waals surface area contributed by atoms with Gasteiger partial charge in [-0.3, -0.25) is 0 Å². The smallest absolute Gasteiger partial charge is 0.156 e. The molecule has 0 radical (unpaired) electrons. The molecule has 1 aromatic carbocycles. The van der Waals surface area contributed by atoms with Crippen LogP contribution in [0.3, 0.4) is 0 Å². The predicted molar refractivity (Wildman–Crippen MR) is 83.3 cm³/mol. The van der Waals surface area contributed by atoms with E-state index >= 15 is 0 Å². The molecule has 98 valence electrons. The molecule has 0 aliphatic heterocycles. The Morgan fingerprint density at radius 3 is 2.58 bits per heavy atom. The van der Waals surface area contributed by atoms with Gasteiger partial charge in [-0.25, -0.2) is 0 Å². The molecule has 0 atom stereocenters. The van der Waals surface area contributed by atoms with Gasteiger partial charge in [0.25, 0.3) is 0 Å². The molecule has 2 rings (SSSR count). The van der Waals surface area contributed by atoms with Crippen molar-refractivity contribution in [1.82, 2.24) is 10.2 Å². The van der Waals surface area contributed by atoms with Crippen LogP contribution in [0, 0.1) is 6.92 Å². The fraction of sp³-hybridized carbons (Fsp3) is 0.143. The number of para-hydroxylation sites is 1. The number of aryl methyl sites for hydroxylation is 1. The van der Waals surface area contributed by atoms with Gasteiger partial charge in [0.05, 0.1) is 6.54 Å². The second-order valence-electron chi connectivity index (χ2n) is 4.12. The first-order valence-corrected chi connectivity index (χ1v) is 6.90. The van der Waals surface area contributed by atoms with Crippen LogP contribution < -0.4 is 4.90 Å². The minimum absolute atomic E-state index is 0.425. The first kappa shape index (κ1) is 14.0. The van der Waals surface area contributed by atoms with Crippen molar-refractivity contribution in [3.63, 3.8) is 0 Å². The second-order valence-corrected chi connectivity index (χ2v) is 5.59. The number of halogens is 2. The van der Waals surface area contributed by atoms with Crippen LogP contribution in [-0.2, 0) is 0 Å². The summed E-state index contributed by atoms with van der Waals surface area (Å²) in [5.41, 5.74) is 1.92. The molecule has 0 saturated carbocycles. The van der Waals surface area contributed by atoms with Crippen LogP contribution in [0.4, 0.5) is 11.5 Å². The quantitative estimate of drug-likeness (QED) is 0.822. The van der Waals surface area contributed by atoms with Gasteiger partial charge >= 0.3 is 0 Å². The maximum atomic E-state index is 5.92. The number of rotatable bonds is 4. The third-order valence-corrected chi connectivity index (χ3v) is 3.21. The number of hydrogen-bond acceptors (Lipinski definition) is 3. The van der Waals surface area contributed by atoms with Crippen LogP contribution >= 0.6 is 27.5 Å². The Hall–Kier alpha value is -1.39. The van der Waals surface area contributed by atoms with Crippen molar-refractivity contribution in [3.05, 3.63) is 58.2 Å². The standard InChI is InChI=1S/C14H13BrClN3/c1-10-8-13(17-18-14(10)16)19(9-11(2)15)12-6-4-3-5-7-12/h3-8H,2,9H2,1H3. The number of hydrogen-bond donors (Lipinski definition) is 0. The highest BCUT2D eigenvalue weighted by Gasteiger charge is 2.13. The summed E-state index contributed by atoms with van der Waals surface area (Å²) in [6.45, 7) is 6.41. The average Bonchev–Trinajstić information content (AvgIpc) is 2.40. The molecule has 1 aromatic heterocycles. The summed E-state index contributed by atoms with van der Waals surface area (Å²) in [5, 5.41) is 8.54. The normalized spacial score (nSPS) is 10.3. The SMILES string of the molecule is C=C(Br)CN(c1ccccc1)c1cc(C)c(Cl)nn1. The van der Waals surface area contributed by atoms with Crippen molar-refractivity contribution in [2.24, 2.45) is 0 Å². The second kappa shape index (κ2) is 6.17. The molecule has 3 nitrogen and oxygen atoms in total. The van der Waals surface area contributed by atoms with E-state index in [4.69, 9.17) is 11.6 Å². The Morgan fingerprint density at radius 2 is 2.00 bits per heavy atom. The fourth-order valence-corrected chi connectivity index (χ4v) is 2.02. The van der Waals surface area contributed by atoms with E-state index in [1.807, 2.05) is 48.2 Å². The molecule has 0 spiro atoms. The topological polar surface area (TPSA) is 29.0 Å². The average molecular weight is 339 g/mol. The molecule has 0 amide bonds. The highest BCUT2D eigenvalue weighted by atomic mass is 79.9. The number of aromatic nitrogens is 2. The molecule has 5 heteroatoms. The van der Waals surface area contributed by atoms with Crippen LogP contribution in [0.1, 0.15) is 5.56 Å². The van der Waals surface area contributed by atoms with Gasteiger partial charge in [-0.05, 0) is 30.7 Å². The van der Waals surface area contributed by atoms with Gasteiger partial charge in [0.15, 0.2) is 11.0 Å².